The average molecular weight is 444 g/mol. The van der Waals surface area contributed by atoms with Crippen molar-refractivity contribution in [2.45, 2.75) is 39.0 Å². The van der Waals surface area contributed by atoms with E-state index < -0.39 is 23.8 Å². The highest BCUT2D eigenvalue weighted by Crippen LogP contribution is 2.19. The summed E-state index contributed by atoms with van der Waals surface area (Å²) in [5.74, 6) is -0.384. The van der Waals surface area contributed by atoms with Crippen LogP contribution in [0.3, 0.4) is 0 Å². The summed E-state index contributed by atoms with van der Waals surface area (Å²) in [6.45, 7) is 6.68. The van der Waals surface area contributed by atoms with Crippen LogP contribution in [0.5, 0.6) is 0 Å². The molecule has 1 N–H and O–H groups in total. The molecule has 1 aliphatic heterocycles. The van der Waals surface area contributed by atoms with Crippen molar-refractivity contribution < 1.29 is 23.5 Å². The van der Waals surface area contributed by atoms with Crippen molar-refractivity contribution in [2.75, 3.05) is 31.5 Å². The topological polar surface area (TPSA) is 71.1 Å². The van der Waals surface area contributed by atoms with Crippen LogP contribution < -0.4 is 5.32 Å². The summed E-state index contributed by atoms with van der Waals surface area (Å²) >= 11 is 0. The molecule has 1 fully saturated rings. The van der Waals surface area contributed by atoms with Crippen LogP contribution in [-0.4, -0.2) is 59.8 Å². The number of carbonyl (C=O) groups excluding carboxylic acids is 2. The highest BCUT2D eigenvalue weighted by Gasteiger charge is 2.35. The summed E-state index contributed by atoms with van der Waals surface area (Å²) in [5, 5.41) is 3.05. The van der Waals surface area contributed by atoms with Crippen molar-refractivity contribution in [3.8, 4) is 0 Å². The second kappa shape index (κ2) is 10.3. The molecule has 7 nitrogen and oxygen atoms in total. The molecular formula is C24H30FN3O4. The summed E-state index contributed by atoms with van der Waals surface area (Å²) < 4.78 is 25.0. The predicted molar refractivity (Wildman–Crippen MR) is 120 cm³/mol. The molecule has 3 rings (SSSR count). The van der Waals surface area contributed by atoms with E-state index in [0.717, 1.165) is 5.56 Å². The van der Waals surface area contributed by atoms with Gasteiger partial charge in [0, 0.05) is 26.2 Å². The number of hydrogen-bond acceptors (Lipinski definition) is 5. The first-order valence-corrected chi connectivity index (χ1v) is 10.7. The van der Waals surface area contributed by atoms with Crippen LogP contribution in [0.15, 0.2) is 54.6 Å². The van der Waals surface area contributed by atoms with E-state index >= 15 is 0 Å². The first-order chi connectivity index (χ1) is 15.2. The monoisotopic (exact) mass is 443 g/mol. The highest BCUT2D eigenvalue weighted by atomic mass is 19.1. The number of ether oxygens (including phenoxy) is 2. The Morgan fingerprint density at radius 1 is 1.03 bits per heavy atom. The molecule has 0 aliphatic carbocycles. The molecule has 1 saturated heterocycles. The zero-order valence-corrected chi connectivity index (χ0v) is 18.7. The van der Waals surface area contributed by atoms with Gasteiger partial charge in [0.2, 0.25) is 0 Å². The van der Waals surface area contributed by atoms with Crippen molar-refractivity contribution in [1.82, 2.24) is 9.80 Å². The van der Waals surface area contributed by atoms with Crippen LogP contribution in [0.25, 0.3) is 0 Å². The minimum atomic E-state index is -0.621. The van der Waals surface area contributed by atoms with Crippen LogP contribution in [-0.2, 0) is 16.1 Å². The van der Waals surface area contributed by atoms with E-state index in [2.05, 4.69) is 5.32 Å². The van der Waals surface area contributed by atoms with Crippen molar-refractivity contribution in [3.05, 3.63) is 66.0 Å². The lowest BCUT2D eigenvalue weighted by Gasteiger charge is -2.41. The Bertz CT molecular complexity index is 917. The Balaban J connectivity index is 1.68. The number of hydrogen-bond donors (Lipinski definition) is 1. The van der Waals surface area contributed by atoms with Crippen LogP contribution in [0.2, 0.25) is 0 Å². The van der Waals surface area contributed by atoms with Gasteiger partial charge in [0.1, 0.15) is 18.0 Å². The van der Waals surface area contributed by atoms with Gasteiger partial charge in [-0.25, -0.2) is 14.0 Å². The van der Waals surface area contributed by atoms with Gasteiger partial charge in [0.05, 0.1) is 11.7 Å². The SMILES string of the molecule is CC(C)(C)OC(=O)N1CCN(C(=O)OCc2ccccc2)C(CNc2ccccc2F)C1. The van der Waals surface area contributed by atoms with Gasteiger partial charge in [0.15, 0.2) is 0 Å². The van der Waals surface area contributed by atoms with Crippen molar-refractivity contribution in [1.29, 1.82) is 0 Å². The minimum Gasteiger partial charge on any atom is -0.445 e. The number of nitrogens with one attached hydrogen (secondary N) is 1. The highest BCUT2D eigenvalue weighted by molar-refractivity contribution is 5.71. The van der Waals surface area contributed by atoms with Gasteiger partial charge in [-0.3, -0.25) is 4.90 Å². The molecule has 1 atom stereocenters. The predicted octanol–water partition coefficient (Wildman–Crippen LogP) is 4.50. The van der Waals surface area contributed by atoms with Crippen LogP contribution in [0.4, 0.5) is 19.7 Å². The molecule has 1 aliphatic rings. The Morgan fingerprint density at radius 2 is 1.72 bits per heavy atom. The van der Waals surface area contributed by atoms with Crippen molar-refractivity contribution >= 4 is 17.9 Å². The third-order valence-electron chi connectivity index (χ3n) is 4.98. The minimum absolute atomic E-state index is 0.152. The van der Waals surface area contributed by atoms with E-state index in [4.69, 9.17) is 9.47 Å². The Kier molecular flexibility index (Phi) is 7.56. The van der Waals surface area contributed by atoms with E-state index in [1.807, 2.05) is 30.3 Å². The largest absolute Gasteiger partial charge is 0.445 e. The zero-order chi connectivity index (χ0) is 23.1. The number of anilines is 1. The number of benzene rings is 2. The van der Waals surface area contributed by atoms with Crippen LogP contribution in [0.1, 0.15) is 26.3 Å². The fraction of sp³-hybridized carbons (Fsp3) is 0.417. The second-order valence-electron chi connectivity index (χ2n) is 8.67. The van der Waals surface area contributed by atoms with E-state index in [0.29, 0.717) is 12.2 Å². The van der Waals surface area contributed by atoms with Gasteiger partial charge >= 0.3 is 12.2 Å². The quantitative estimate of drug-likeness (QED) is 0.737. The maximum absolute atomic E-state index is 14.0. The van der Waals surface area contributed by atoms with E-state index in [-0.39, 0.29) is 32.1 Å². The molecule has 8 heteroatoms. The van der Waals surface area contributed by atoms with Crippen LogP contribution >= 0.6 is 0 Å². The molecule has 2 aromatic rings. The molecule has 0 bridgehead atoms. The molecule has 0 spiro atoms. The van der Waals surface area contributed by atoms with Gasteiger partial charge in [-0.05, 0) is 38.5 Å². The Labute approximate surface area is 188 Å². The zero-order valence-electron chi connectivity index (χ0n) is 18.7. The number of halogens is 1. The molecule has 1 unspecified atom stereocenters. The maximum Gasteiger partial charge on any atom is 0.410 e. The second-order valence-corrected chi connectivity index (χ2v) is 8.67. The van der Waals surface area contributed by atoms with E-state index in [1.165, 1.54) is 6.07 Å². The van der Waals surface area contributed by atoms with Gasteiger partial charge < -0.3 is 19.7 Å². The number of carbonyl (C=O) groups is 2. The molecule has 2 amide bonds. The number of para-hydroxylation sites is 1. The smallest absolute Gasteiger partial charge is 0.410 e. The number of rotatable bonds is 5. The third-order valence-corrected chi connectivity index (χ3v) is 4.98. The number of piperazine rings is 1. The van der Waals surface area contributed by atoms with Crippen LogP contribution in [0, 0.1) is 5.82 Å². The molecule has 2 aromatic carbocycles. The van der Waals surface area contributed by atoms with Crippen molar-refractivity contribution in [3.63, 3.8) is 0 Å². The van der Waals surface area contributed by atoms with Gasteiger partial charge in [-0.1, -0.05) is 42.5 Å². The van der Waals surface area contributed by atoms with Crippen molar-refractivity contribution in [2.24, 2.45) is 0 Å². The summed E-state index contributed by atoms with van der Waals surface area (Å²) in [5.41, 5.74) is 0.595. The first kappa shape index (κ1) is 23.4. The van der Waals surface area contributed by atoms with Gasteiger partial charge in [0.25, 0.3) is 0 Å². The third kappa shape index (κ3) is 6.60. The normalized spacial score (nSPS) is 16.4. The first-order valence-electron chi connectivity index (χ1n) is 10.7. The fourth-order valence-corrected chi connectivity index (χ4v) is 3.40. The lowest BCUT2D eigenvalue weighted by molar-refractivity contribution is 0.00268. The average Bonchev–Trinajstić information content (AvgIpc) is 2.76. The lowest BCUT2D eigenvalue weighted by atomic mass is 10.1. The number of amides is 2. The molecule has 32 heavy (non-hydrogen) atoms. The molecule has 0 aromatic heterocycles. The summed E-state index contributed by atoms with van der Waals surface area (Å²) in [6.07, 6.45) is -0.913. The molecule has 1 heterocycles. The standard InChI is InChI=1S/C24H30FN3O4/c1-24(2,3)32-22(29)27-13-14-28(23(30)31-17-18-9-5-4-6-10-18)19(16-27)15-26-21-12-8-7-11-20(21)25/h4-12,19,26H,13-17H2,1-3H3. The molecular weight excluding hydrogens is 413 g/mol. The van der Waals surface area contributed by atoms with E-state index in [9.17, 15) is 14.0 Å². The Hall–Kier alpha value is -3.29. The maximum atomic E-state index is 14.0. The van der Waals surface area contributed by atoms with Gasteiger partial charge in [-0.2, -0.15) is 0 Å². The fourth-order valence-electron chi connectivity index (χ4n) is 3.40. The number of nitrogens with zero attached hydrogens (tertiary/aromatic N) is 2. The summed E-state index contributed by atoms with van der Waals surface area (Å²) in [4.78, 5) is 28.5. The molecule has 0 saturated carbocycles. The van der Waals surface area contributed by atoms with Gasteiger partial charge in [-0.15, -0.1) is 0 Å². The molecule has 0 radical (unpaired) electrons. The van der Waals surface area contributed by atoms with E-state index in [1.54, 1.807) is 48.8 Å². The molecule has 172 valence electrons. The summed E-state index contributed by atoms with van der Waals surface area (Å²) in [7, 11) is 0. The lowest BCUT2D eigenvalue weighted by Crippen LogP contribution is -2.59. The Morgan fingerprint density at radius 3 is 2.41 bits per heavy atom. The summed E-state index contributed by atoms with van der Waals surface area (Å²) in [6, 6.07) is 15.3.